The number of unbranched alkanes of at least 4 members (excludes halogenated alkanes) is 1. The van der Waals surface area contributed by atoms with E-state index in [0.29, 0.717) is 23.1 Å². The second-order valence-corrected chi connectivity index (χ2v) is 11.4. The Morgan fingerprint density at radius 1 is 0.676 bits per heavy atom. The fourth-order valence-corrected chi connectivity index (χ4v) is 6.54. The number of aryl methyl sites for hydroxylation is 1. The van der Waals surface area contributed by atoms with Gasteiger partial charge in [-0.15, -0.1) is 0 Å². The standard InChI is InChI=1S/C33H42F4/c1-3-5-7-26-18-19-27(31(35)30(26)34)17-12-23-10-15-25(16-11-23)29-21-20-28(32(36)33(29)37)24-13-8-22(6-4-2)9-14-24/h12,17-25H,3-11,13-16H2,1-2H3/b17-12+. The zero-order valence-corrected chi connectivity index (χ0v) is 22.5. The van der Waals surface area contributed by atoms with Crippen molar-refractivity contribution in [1.29, 1.82) is 0 Å². The van der Waals surface area contributed by atoms with E-state index in [1.165, 1.54) is 12.8 Å². The van der Waals surface area contributed by atoms with Crippen LogP contribution >= 0.6 is 0 Å². The summed E-state index contributed by atoms with van der Waals surface area (Å²) in [4.78, 5) is 0. The molecule has 2 aromatic rings. The van der Waals surface area contributed by atoms with Crippen LogP contribution in [0.15, 0.2) is 30.3 Å². The highest BCUT2D eigenvalue weighted by atomic mass is 19.2. The zero-order valence-electron chi connectivity index (χ0n) is 22.5. The molecule has 0 aromatic heterocycles. The van der Waals surface area contributed by atoms with Gasteiger partial charge in [0.25, 0.3) is 0 Å². The van der Waals surface area contributed by atoms with Crippen LogP contribution in [0.4, 0.5) is 17.6 Å². The van der Waals surface area contributed by atoms with Crippen molar-refractivity contribution in [3.63, 3.8) is 0 Å². The van der Waals surface area contributed by atoms with Crippen molar-refractivity contribution in [3.8, 4) is 0 Å². The Kier molecular flexibility index (Phi) is 9.90. The number of rotatable bonds is 9. The van der Waals surface area contributed by atoms with Gasteiger partial charge in [0.2, 0.25) is 0 Å². The largest absolute Gasteiger partial charge is 0.203 e. The van der Waals surface area contributed by atoms with Crippen LogP contribution < -0.4 is 0 Å². The van der Waals surface area contributed by atoms with E-state index in [2.05, 4.69) is 6.92 Å². The second-order valence-electron chi connectivity index (χ2n) is 11.4. The lowest BCUT2D eigenvalue weighted by atomic mass is 9.75. The molecule has 0 aliphatic heterocycles. The fraction of sp³-hybridized carbons (Fsp3) is 0.576. The molecule has 0 bridgehead atoms. The van der Waals surface area contributed by atoms with Crippen molar-refractivity contribution < 1.29 is 17.6 Å². The summed E-state index contributed by atoms with van der Waals surface area (Å²) in [7, 11) is 0. The highest BCUT2D eigenvalue weighted by Crippen LogP contribution is 2.42. The van der Waals surface area contributed by atoms with E-state index < -0.39 is 23.3 Å². The maximum atomic E-state index is 15.2. The van der Waals surface area contributed by atoms with Gasteiger partial charge in [-0.3, -0.25) is 0 Å². The van der Waals surface area contributed by atoms with Crippen molar-refractivity contribution in [2.75, 3.05) is 0 Å². The van der Waals surface area contributed by atoms with Gasteiger partial charge in [-0.25, -0.2) is 17.6 Å². The smallest absolute Gasteiger partial charge is 0.166 e. The van der Waals surface area contributed by atoms with Crippen LogP contribution in [0.3, 0.4) is 0 Å². The molecule has 4 heteroatoms. The Morgan fingerprint density at radius 2 is 1.27 bits per heavy atom. The summed E-state index contributed by atoms with van der Waals surface area (Å²) in [5, 5.41) is 0. The van der Waals surface area contributed by atoms with Crippen molar-refractivity contribution in [2.45, 2.75) is 109 Å². The third-order valence-electron chi connectivity index (χ3n) is 8.88. The molecule has 2 saturated carbocycles. The molecule has 2 fully saturated rings. The molecule has 37 heavy (non-hydrogen) atoms. The van der Waals surface area contributed by atoms with E-state index in [1.54, 1.807) is 18.2 Å². The molecule has 0 unspecified atom stereocenters. The van der Waals surface area contributed by atoms with Gasteiger partial charge >= 0.3 is 0 Å². The normalized spacial score (nSPS) is 24.6. The Hall–Kier alpha value is -2.10. The summed E-state index contributed by atoms with van der Waals surface area (Å²) in [5.41, 5.74) is 1.76. The van der Waals surface area contributed by atoms with E-state index in [9.17, 15) is 8.78 Å². The third-order valence-corrected chi connectivity index (χ3v) is 8.88. The third kappa shape index (κ3) is 6.67. The highest BCUT2D eigenvalue weighted by Gasteiger charge is 2.29. The van der Waals surface area contributed by atoms with Crippen LogP contribution in [0.25, 0.3) is 6.08 Å². The predicted octanol–water partition coefficient (Wildman–Crippen LogP) is 10.6. The number of halogens is 4. The van der Waals surface area contributed by atoms with E-state index in [-0.39, 0.29) is 23.3 Å². The van der Waals surface area contributed by atoms with E-state index in [1.807, 2.05) is 25.1 Å². The Balaban J connectivity index is 1.35. The molecule has 4 rings (SSSR count). The molecule has 202 valence electrons. The lowest BCUT2D eigenvalue weighted by molar-refractivity contribution is 0.302. The lowest BCUT2D eigenvalue weighted by Crippen LogP contribution is -2.17. The van der Waals surface area contributed by atoms with Gasteiger partial charge in [0, 0.05) is 5.56 Å². The topological polar surface area (TPSA) is 0 Å². The molecule has 0 atom stereocenters. The molecule has 0 heterocycles. The highest BCUT2D eigenvalue weighted by molar-refractivity contribution is 5.51. The van der Waals surface area contributed by atoms with Crippen molar-refractivity contribution >= 4 is 6.08 Å². The number of allylic oxidation sites excluding steroid dienone is 1. The number of hydrogen-bond donors (Lipinski definition) is 0. The summed E-state index contributed by atoms with van der Waals surface area (Å²) >= 11 is 0. The molecule has 0 amide bonds. The van der Waals surface area contributed by atoms with Gasteiger partial charge in [-0.1, -0.05) is 69.5 Å². The van der Waals surface area contributed by atoms with E-state index in [4.69, 9.17) is 0 Å². The first-order chi connectivity index (χ1) is 17.9. The Labute approximate surface area is 220 Å². The Morgan fingerprint density at radius 3 is 1.84 bits per heavy atom. The molecular formula is C33H42F4. The molecule has 2 aromatic carbocycles. The first kappa shape index (κ1) is 27.9. The summed E-state index contributed by atoms with van der Waals surface area (Å²) in [5.74, 6) is -1.73. The minimum Gasteiger partial charge on any atom is -0.203 e. The minimum absolute atomic E-state index is 0.000482. The first-order valence-corrected chi connectivity index (χ1v) is 14.6. The molecular weight excluding hydrogens is 472 g/mol. The van der Waals surface area contributed by atoms with Crippen LogP contribution in [0.2, 0.25) is 0 Å². The van der Waals surface area contributed by atoms with Crippen LogP contribution in [-0.4, -0.2) is 0 Å². The second kappa shape index (κ2) is 13.1. The average Bonchev–Trinajstić information content (AvgIpc) is 2.92. The number of hydrogen-bond acceptors (Lipinski definition) is 0. The average molecular weight is 515 g/mol. The van der Waals surface area contributed by atoms with Crippen molar-refractivity contribution in [1.82, 2.24) is 0 Å². The first-order valence-electron chi connectivity index (χ1n) is 14.6. The molecule has 0 radical (unpaired) electrons. The summed E-state index contributed by atoms with van der Waals surface area (Å²) < 4.78 is 59.2. The van der Waals surface area contributed by atoms with Gasteiger partial charge in [0.1, 0.15) is 0 Å². The van der Waals surface area contributed by atoms with Crippen molar-refractivity contribution in [2.24, 2.45) is 11.8 Å². The van der Waals surface area contributed by atoms with Crippen LogP contribution in [0.5, 0.6) is 0 Å². The molecule has 0 nitrogen and oxygen atoms in total. The minimum atomic E-state index is -0.782. The van der Waals surface area contributed by atoms with E-state index in [0.717, 1.165) is 70.1 Å². The quantitative estimate of drug-likeness (QED) is 0.292. The molecule has 0 saturated heterocycles. The summed E-state index contributed by atoms with van der Waals surface area (Å²) in [6, 6.07) is 7.00. The van der Waals surface area contributed by atoms with Gasteiger partial charge in [0.15, 0.2) is 23.3 Å². The van der Waals surface area contributed by atoms with Gasteiger partial charge in [-0.05, 0) is 105 Å². The maximum Gasteiger partial charge on any atom is 0.166 e. The van der Waals surface area contributed by atoms with Gasteiger partial charge in [-0.2, -0.15) is 0 Å². The molecule has 2 aliphatic carbocycles. The maximum absolute atomic E-state index is 15.2. The summed E-state index contributed by atoms with van der Waals surface area (Å²) in [6.45, 7) is 4.23. The molecule has 0 spiro atoms. The SMILES string of the molecule is CCCCc1ccc(/C=C/C2CCC(c3ccc(C4CCC(CCC)CC4)c(F)c3F)CC2)c(F)c1F. The summed E-state index contributed by atoms with van der Waals surface area (Å²) in [6.07, 6.45) is 15.7. The van der Waals surface area contributed by atoms with Crippen LogP contribution in [0, 0.1) is 35.1 Å². The van der Waals surface area contributed by atoms with Gasteiger partial charge < -0.3 is 0 Å². The molecule has 0 N–H and O–H groups in total. The van der Waals surface area contributed by atoms with E-state index >= 15 is 8.78 Å². The predicted molar refractivity (Wildman–Crippen MR) is 145 cm³/mol. The lowest BCUT2D eigenvalue weighted by Gasteiger charge is -2.30. The van der Waals surface area contributed by atoms with Gasteiger partial charge in [0.05, 0.1) is 0 Å². The van der Waals surface area contributed by atoms with Crippen LogP contribution in [-0.2, 0) is 6.42 Å². The Bertz CT molecular complexity index is 1060. The van der Waals surface area contributed by atoms with Crippen molar-refractivity contribution in [3.05, 3.63) is 75.9 Å². The fourth-order valence-electron chi connectivity index (χ4n) is 6.54. The number of benzene rings is 2. The zero-order chi connectivity index (χ0) is 26.4. The van der Waals surface area contributed by atoms with Crippen LogP contribution in [0.1, 0.15) is 125 Å². The monoisotopic (exact) mass is 514 g/mol. The molecule has 2 aliphatic rings.